The van der Waals surface area contributed by atoms with E-state index in [0.29, 0.717) is 36.1 Å². The Hall–Kier alpha value is -3.13. The van der Waals surface area contributed by atoms with Crippen molar-refractivity contribution in [2.45, 2.75) is 56.3 Å². The number of fused-ring (bicyclic) bond motifs is 1. The fourth-order valence-electron chi connectivity index (χ4n) is 5.61. The van der Waals surface area contributed by atoms with E-state index in [2.05, 4.69) is 19.2 Å². The minimum Gasteiger partial charge on any atom is -0.338 e. The molecule has 3 heterocycles. The molecule has 0 saturated carbocycles. The molecule has 36 heavy (non-hydrogen) atoms. The van der Waals surface area contributed by atoms with Gasteiger partial charge in [0.2, 0.25) is 11.8 Å². The summed E-state index contributed by atoms with van der Waals surface area (Å²) in [5.41, 5.74) is 3.37. The number of piperidine rings is 2. The average Bonchev–Trinajstić information content (AvgIpc) is 3.19. The topological polar surface area (TPSA) is 86.8 Å². The number of likely N-dealkylation sites (tertiary alicyclic amines) is 1. The van der Waals surface area contributed by atoms with Crippen LogP contribution in [0.2, 0.25) is 0 Å². The standard InChI is InChI=1S/C28H31N3O4S/c1-17-12-18(2)14-30(13-17)27(34)20-8-6-19(7-9-20)16-36-24-5-3-4-21-22(24)15-31(28(21)35)23-10-11-25(32)29-26(23)33/h3-9,17-18,23H,10-16H2,1-2H3,(H,29,32,33). The van der Waals surface area contributed by atoms with E-state index < -0.39 is 11.9 Å². The quantitative estimate of drug-likeness (QED) is 0.493. The number of thioether (sulfide) groups is 1. The van der Waals surface area contributed by atoms with Crippen LogP contribution in [0.4, 0.5) is 0 Å². The van der Waals surface area contributed by atoms with Gasteiger partial charge in [0.15, 0.2) is 0 Å². The lowest BCUT2D eigenvalue weighted by Crippen LogP contribution is -2.52. The van der Waals surface area contributed by atoms with Crippen molar-refractivity contribution in [3.8, 4) is 0 Å². The Kier molecular flexibility index (Phi) is 6.88. The summed E-state index contributed by atoms with van der Waals surface area (Å²) in [7, 11) is 0. The number of carbonyl (C=O) groups is 4. The molecular weight excluding hydrogens is 474 g/mol. The molecule has 0 aromatic heterocycles. The van der Waals surface area contributed by atoms with Gasteiger partial charge in [-0.05, 0) is 60.1 Å². The second kappa shape index (κ2) is 10.1. The second-order valence-corrected chi connectivity index (χ2v) is 11.3. The van der Waals surface area contributed by atoms with Crippen molar-refractivity contribution in [1.29, 1.82) is 0 Å². The molecule has 0 aliphatic carbocycles. The lowest BCUT2D eigenvalue weighted by atomic mass is 9.91. The van der Waals surface area contributed by atoms with Crippen LogP contribution in [0.5, 0.6) is 0 Å². The number of amides is 4. The highest BCUT2D eigenvalue weighted by Gasteiger charge is 2.39. The second-order valence-electron chi connectivity index (χ2n) is 10.3. The van der Waals surface area contributed by atoms with E-state index in [4.69, 9.17) is 0 Å². The van der Waals surface area contributed by atoms with Crippen molar-refractivity contribution in [2.24, 2.45) is 11.8 Å². The van der Waals surface area contributed by atoms with Crippen molar-refractivity contribution in [3.63, 3.8) is 0 Å². The number of imide groups is 1. The highest BCUT2D eigenvalue weighted by molar-refractivity contribution is 7.98. The van der Waals surface area contributed by atoms with Gasteiger partial charge in [0.1, 0.15) is 6.04 Å². The third kappa shape index (κ3) is 4.91. The van der Waals surface area contributed by atoms with E-state index in [1.165, 1.54) is 6.42 Å². The van der Waals surface area contributed by atoms with Crippen LogP contribution in [-0.2, 0) is 21.9 Å². The molecule has 4 amide bonds. The number of hydrogen-bond donors (Lipinski definition) is 1. The van der Waals surface area contributed by atoms with Crippen LogP contribution in [0.25, 0.3) is 0 Å². The molecule has 3 unspecified atom stereocenters. The van der Waals surface area contributed by atoms with Crippen molar-refractivity contribution < 1.29 is 19.2 Å². The van der Waals surface area contributed by atoms with E-state index in [-0.39, 0.29) is 24.1 Å². The van der Waals surface area contributed by atoms with Gasteiger partial charge in [-0.25, -0.2) is 0 Å². The first-order chi connectivity index (χ1) is 17.3. The molecule has 7 nitrogen and oxygen atoms in total. The van der Waals surface area contributed by atoms with Gasteiger partial charge >= 0.3 is 0 Å². The fraction of sp³-hybridized carbons (Fsp3) is 0.429. The highest BCUT2D eigenvalue weighted by atomic mass is 32.2. The van der Waals surface area contributed by atoms with Crippen LogP contribution >= 0.6 is 11.8 Å². The average molecular weight is 506 g/mol. The minimum atomic E-state index is -0.614. The van der Waals surface area contributed by atoms with E-state index in [0.717, 1.165) is 34.7 Å². The summed E-state index contributed by atoms with van der Waals surface area (Å²) >= 11 is 1.64. The molecule has 0 bridgehead atoms. The van der Waals surface area contributed by atoms with Crippen molar-refractivity contribution in [3.05, 3.63) is 64.7 Å². The van der Waals surface area contributed by atoms with Crippen LogP contribution in [0.3, 0.4) is 0 Å². The molecule has 3 atom stereocenters. The van der Waals surface area contributed by atoms with E-state index in [1.54, 1.807) is 22.7 Å². The summed E-state index contributed by atoms with van der Waals surface area (Å²) in [6.45, 7) is 6.40. The lowest BCUT2D eigenvalue weighted by molar-refractivity contribution is -0.136. The molecular formula is C28H31N3O4S. The van der Waals surface area contributed by atoms with Gasteiger partial charge in [-0.2, -0.15) is 0 Å². The van der Waals surface area contributed by atoms with Gasteiger partial charge in [-0.3, -0.25) is 24.5 Å². The zero-order valence-corrected chi connectivity index (χ0v) is 21.5. The number of carbonyl (C=O) groups excluding carboxylic acids is 4. The first kappa shape index (κ1) is 24.6. The van der Waals surface area contributed by atoms with Crippen LogP contribution < -0.4 is 5.32 Å². The summed E-state index contributed by atoms with van der Waals surface area (Å²) in [6, 6.07) is 12.9. The number of nitrogens with zero attached hydrogens (tertiary/aromatic N) is 2. The fourth-order valence-corrected chi connectivity index (χ4v) is 6.65. The van der Waals surface area contributed by atoms with Crippen molar-refractivity contribution in [1.82, 2.24) is 15.1 Å². The molecule has 5 rings (SSSR count). The summed E-state index contributed by atoms with van der Waals surface area (Å²) in [5, 5.41) is 2.35. The Morgan fingerprint density at radius 2 is 1.75 bits per heavy atom. The van der Waals surface area contributed by atoms with Crippen molar-refractivity contribution >= 4 is 35.4 Å². The van der Waals surface area contributed by atoms with Gasteiger partial charge in [0, 0.05) is 47.8 Å². The van der Waals surface area contributed by atoms with Crippen LogP contribution in [0, 0.1) is 11.8 Å². The number of nitrogens with one attached hydrogen (secondary N) is 1. The van der Waals surface area contributed by atoms with Gasteiger partial charge < -0.3 is 9.80 Å². The number of hydrogen-bond acceptors (Lipinski definition) is 5. The molecule has 2 fully saturated rings. The Morgan fingerprint density at radius 3 is 2.44 bits per heavy atom. The zero-order valence-electron chi connectivity index (χ0n) is 20.7. The first-order valence-electron chi connectivity index (χ1n) is 12.6. The van der Waals surface area contributed by atoms with Crippen LogP contribution in [0.1, 0.15) is 65.0 Å². The Bertz CT molecular complexity index is 1200. The smallest absolute Gasteiger partial charge is 0.255 e. The van der Waals surface area contributed by atoms with Gasteiger partial charge in [-0.1, -0.05) is 32.0 Å². The van der Waals surface area contributed by atoms with E-state index >= 15 is 0 Å². The molecule has 188 valence electrons. The van der Waals surface area contributed by atoms with Gasteiger partial charge in [0.05, 0.1) is 0 Å². The zero-order chi connectivity index (χ0) is 25.4. The molecule has 2 saturated heterocycles. The number of rotatable bonds is 5. The third-order valence-electron chi connectivity index (χ3n) is 7.29. The molecule has 1 N–H and O–H groups in total. The summed E-state index contributed by atoms with van der Waals surface area (Å²) in [6.07, 6.45) is 1.76. The first-order valence-corrected chi connectivity index (χ1v) is 13.6. The maximum absolute atomic E-state index is 13.0. The monoisotopic (exact) mass is 505 g/mol. The molecule has 0 spiro atoms. The Balaban J connectivity index is 1.24. The van der Waals surface area contributed by atoms with Crippen LogP contribution in [0.15, 0.2) is 47.4 Å². The summed E-state index contributed by atoms with van der Waals surface area (Å²) < 4.78 is 0. The third-order valence-corrected chi connectivity index (χ3v) is 8.46. The lowest BCUT2D eigenvalue weighted by Gasteiger charge is -2.35. The van der Waals surface area contributed by atoms with E-state index in [1.807, 2.05) is 41.3 Å². The minimum absolute atomic E-state index is 0.0977. The maximum Gasteiger partial charge on any atom is 0.255 e. The Labute approximate surface area is 215 Å². The van der Waals surface area contributed by atoms with Crippen molar-refractivity contribution in [2.75, 3.05) is 13.1 Å². The van der Waals surface area contributed by atoms with Crippen LogP contribution in [-0.4, -0.2) is 52.6 Å². The van der Waals surface area contributed by atoms with Gasteiger partial charge in [-0.15, -0.1) is 11.8 Å². The largest absolute Gasteiger partial charge is 0.338 e. The molecule has 8 heteroatoms. The van der Waals surface area contributed by atoms with Gasteiger partial charge in [0.25, 0.3) is 11.8 Å². The van der Waals surface area contributed by atoms with E-state index in [9.17, 15) is 19.2 Å². The molecule has 2 aromatic rings. The summed E-state index contributed by atoms with van der Waals surface area (Å²) in [5.74, 6) is 1.01. The highest BCUT2D eigenvalue weighted by Crippen LogP contribution is 2.35. The SMILES string of the molecule is CC1CC(C)CN(C(=O)c2ccc(CSc3cccc4c3CN(C3CCC(=O)NC3=O)C4=O)cc2)C1. The molecule has 3 aliphatic heterocycles. The summed E-state index contributed by atoms with van der Waals surface area (Å²) in [4.78, 5) is 54.4. The predicted molar refractivity (Wildman–Crippen MR) is 137 cm³/mol. The maximum atomic E-state index is 13.0. The normalized spacial score (nSPS) is 24.1. The number of benzene rings is 2. The molecule has 2 aromatic carbocycles. The Morgan fingerprint density at radius 1 is 1.03 bits per heavy atom. The molecule has 3 aliphatic rings. The predicted octanol–water partition coefficient (Wildman–Crippen LogP) is 3.86. The molecule has 0 radical (unpaired) electrons.